The van der Waals surface area contributed by atoms with Gasteiger partial charge in [-0.2, -0.15) is 5.26 Å². The second-order valence-corrected chi connectivity index (χ2v) is 9.94. The van der Waals surface area contributed by atoms with E-state index in [1.165, 1.54) is 6.92 Å². The number of aromatic nitrogens is 4. The van der Waals surface area contributed by atoms with Crippen LogP contribution in [0.25, 0.3) is 22.8 Å². The van der Waals surface area contributed by atoms with Crippen LogP contribution >= 0.6 is 7.81 Å². The fourth-order valence-electron chi connectivity index (χ4n) is 2.79. The summed E-state index contributed by atoms with van der Waals surface area (Å²) in [6.45, 7) is 2.58. The molecule has 0 aliphatic heterocycles. The summed E-state index contributed by atoms with van der Waals surface area (Å²) in [5.74, 6) is 0. The molecule has 0 atom stereocenters. The summed E-state index contributed by atoms with van der Waals surface area (Å²) in [4.78, 5) is 43.2. The Bertz CT molecular complexity index is 1570. The van der Waals surface area contributed by atoms with Crippen LogP contribution in [0.1, 0.15) is 18.3 Å². The van der Waals surface area contributed by atoms with E-state index in [0.29, 0.717) is 13.1 Å². The fraction of sp³-hybridized carbons (Fsp3) is 0.115. The first-order valence-electron chi connectivity index (χ1n) is 12.5. The van der Waals surface area contributed by atoms with Crippen LogP contribution in [0, 0.1) is 83.3 Å². The van der Waals surface area contributed by atoms with Crippen molar-refractivity contribution in [3.63, 3.8) is 0 Å². The molecule has 23 heteroatoms. The van der Waals surface area contributed by atoms with E-state index in [1.54, 1.807) is 30.9 Å². The predicted molar refractivity (Wildman–Crippen MR) is 165 cm³/mol. The Hall–Kier alpha value is -4.80. The van der Waals surface area contributed by atoms with Crippen molar-refractivity contribution in [1.82, 2.24) is 19.9 Å². The molecule has 0 N–H and O–H groups in total. The van der Waals surface area contributed by atoms with Crippen molar-refractivity contribution in [3.8, 4) is 28.8 Å². The Kier molecular flexibility index (Phi) is 20.8. The van der Waals surface area contributed by atoms with Crippen molar-refractivity contribution >= 4 is 20.2 Å². The van der Waals surface area contributed by atoms with E-state index < -0.39 is 18.0 Å². The second-order valence-electron chi connectivity index (χ2n) is 8.03. The van der Waals surface area contributed by atoms with Gasteiger partial charge in [-0.1, -0.05) is 24.3 Å². The molecular formula is C26H23F6N9O6PPr. The number of pyridine rings is 4. The van der Waals surface area contributed by atoms with Crippen molar-refractivity contribution in [3.05, 3.63) is 127 Å². The van der Waals surface area contributed by atoms with Gasteiger partial charge in [-0.3, -0.25) is 20.0 Å². The molecule has 0 aromatic carbocycles. The number of rotatable bonds is 7. The van der Waals surface area contributed by atoms with Crippen molar-refractivity contribution in [2.24, 2.45) is 9.98 Å². The SMILES string of the molecule is C(=NCCN=Cc1cccc(-c2ccccn2)n1)c1cccc(-c2ccccn2)n1.CC#N.F[P-](F)(F)(F)(F)F.O=[N+]([O-])[O-].O=[N+]([O-])[O-].[Pr+3]. The van der Waals surface area contributed by atoms with Gasteiger partial charge in [0.25, 0.3) is 0 Å². The zero-order valence-corrected chi connectivity index (χ0v) is 29.5. The largest absolute Gasteiger partial charge is 3.00 e. The second kappa shape index (κ2) is 22.0. The summed E-state index contributed by atoms with van der Waals surface area (Å²) in [6.07, 6.45) is 7.05. The standard InChI is InChI=1S/C24H20N6.C2H3N.F6P.2NO3.Pr/c1-3-13-27-21(9-1)23-11-5-7-19(29-23)17-25-15-16-26-18-20-8-6-12-24(30-20)22-10-2-4-14-28-22;1-2-3;1-7(2,3,4,5)6;2*2-1(3)4;/h1-14,17-18H,15-16H2;1H3;;;;/q;;3*-1;+3. The number of halogens is 6. The molecule has 0 saturated heterocycles. The van der Waals surface area contributed by atoms with E-state index in [9.17, 15) is 25.2 Å². The van der Waals surface area contributed by atoms with Gasteiger partial charge in [0.05, 0.1) is 63.5 Å². The minimum atomic E-state index is -10.7. The van der Waals surface area contributed by atoms with Crippen LogP contribution in [-0.2, 0) is 0 Å². The van der Waals surface area contributed by atoms with Crippen molar-refractivity contribution in [2.75, 3.05) is 13.1 Å². The molecule has 4 aromatic rings. The summed E-state index contributed by atoms with van der Waals surface area (Å²) in [7, 11) is -10.7. The number of nitriles is 1. The van der Waals surface area contributed by atoms with E-state index in [1.807, 2.05) is 72.8 Å². The molecular weight excluding hydrogens is 820 g/mol. The minimum Gasteiger partial charge on any atom is -0.356 e. The number of aliphatic imine (C=N–C) groups is 2. The predicted octanol–water partition coefficient (Wildman–Crippen LogP) is 7.57. The summed E-state index contributed by atoms with van der Waals surface area (Å²) >= 11 is 0. The van der Waals surface area contributed by atoms with Gasteiger partial charge in [0, 0.05) is 31.7 Å². The Labute approximate surface area is 306 Å². The Balaban J connectivity index is 0. The van der Waals surface area contributed by atoms with Crippen LogP contribution in [0.4, 0.5) is 25.2 Å². The molecule has 0 unspecified atom stereocenters. The summed E-state index contributed by atoms with van der Waals surface area (Å²) in [5, 5.41) is 36.8. The molecule has 4 rings (SSSR count). The van der Waals surface area contributed by atoms with E-state index in [4.69, 9.17) is 35.9 Å². The zero-order valence-electron chi connectivity index (χ0n) is 24.9. The minimum absolute atomic E-state index is 0. The molecule has 4 aromatic heterocycles. The van der Waals surface area contributed by atoms with E-state index in [-0.39, 0.29) is 41.3 Å². The van der Waals surface area contributed by atoms with E-state index in [0.717, 1.165) is 34.2 Å². The van der Waals surface area contributed by atoms with Gasteiger partial charge in [-0.05, 0) is 48.5 Å². The van der Waals surface area contributed by atoms with Crippen LogP contribution in [0.15, 0.2) is 95.2 Å². The summed E-state index contributed by atoms with van der Waals surface area (Å²) in [5.41, 5.74) is 4.95. The fourth-order valence-corrected chi connectivity index (χ4v) is 2.79. The topological polar surface area (TPSA) is 232 Å². The first kappa shape index (κ1) is 46.3. The Morgan fingerprint density at radius 3 is 1.22 bits per heavy atom. The van der Waals surface area contributed by atoms with E-state index in [2.05, 4.69) is 29.9 Å². The molecule has 0 amide bonds. The summed E-state index contributed by atoms with van der Waals surface area (Å²) < 4.78 is 59.2. The quantitative estimate of drug-likeness (QED) is 0.0439. The number of hydrogen-bond donors (Lipinski definition) is 0. The van der Waals surface area contributed by atoms with Gasteiger partial charge in [0.15, 0.2) is 0 Å². The molecule has 49 heavy (non-hydrogen) atoms. The third kappa shape index (κ3) is 31.6. The van der Waals surface area contributed by atoms with E-state index >= 15 is 0 Å². The van der Waals surface area contributed by atoms with Crippen LogP contribution in [-0.4, -0.2) is 55.6 Å². The number of hydrogen-bond acceptors (Lipinski definition) is 13. The summed E-state index contributed by atoms with van der Waals surface area (Å²) in [6, 6.07) is 24.9. The van der Waals surface area contributed by atoms with Crippen LogP contribution in [0.3, 0.4) is 0 Å². The molecule has 0 fully saturated rings. The van der Waals surface area contributed by atoms with Gasteiger partial charge in [0.2, 0.25) is 0 Å². The molecule has 0 radical (unpaired) electrons. The molecule has 0 bridgehead atoms. The maximum atomic E-state index is 9.87. The van der Waals surface area contributed by atoms with Gasteiger partial charge < -0.3 is 30.6 Å². The molecule has 15 nitrogen and oxygen atoms in total. The maximum Gasteiger partial charge on any atom is 3.00 e. The van der Waals surface area contributed by atoms with Gasteiger partial charge >= 0.3 is 74.3 Å². The first-order valence-corrected chi connectivity index (χ1v) is 14.5. The molecule has 4 heterocycles. The molecule has 0 spiro atoms. The normalized spacial score (nSPS) is 11.4. The van der Waals surface area contributed by atoms with Crippen molar-refractivity contribution < 1.29 is 76.6 Å². The average Bonchev–Trinajstić information content (AvgIpc) is 2.98. The van der Waals surface area contributed by atoms with Gasteiger partial charge in [0.1, 0.15) is 0 Å². The van der Waals surface area contributed by atoms with Crippen LogP contribution in [0.5, 0.6) is 0 Å². The molecule has 0 saturated carbocycles. The van der Waals surface area contributed by atoms with Crippen LogP contribution < -0.4 is 0 Å². The van der Waals surface area contributed by atoms with Crippen LogP contribution in [0.2, 0.25) is 0 Å². The number of nitrogens with zero attached hydrogens (tertiary/aromatic N) is 9. The molecule has 0 aliphatic rings. The first-order chi connectivity index (χ1) is 22.2. The monoisotopic (exact) mass is 843 g/mol. The van der Waals surface area contributed by atoms with Gasteiger partial charge in [-0.25, -0.2) is 9.97 Å². The average molecular weight is 843 g/mol. The van der Waals surface area contributed by atoms with Gasteiger partial charge in [-0.15, -0.1) is 0 Å². The third-order valence-corrected chi connectivity index (χ3v) is 4.20. The smallest absolute Gasteiger partial charge is 0.356 e. The maximum absolute atomic E-state index is 10.7. The Morgan fingerprint density at radius 1 is 0.673 bits per heavy atom. The third-order valence-electron chi connectivity index (χ3n) is 4.20. The van der Waals surface area contributed by atoms with Crippen molar-refractivity contribution in [2.45, 2.75) is 6.92 Å². The van der Waals surface area contributed by atoms with Crippen molar-refractivity contribution in [1.29, 1.82) is 5.26 Å². The Morgan fingerprint density at radius 2 is 0.959 bits per heavy atom. The molecule has 0 aliphatic carbocycles. The zero-order chi connectivity index (χ0) is 36.7. The molecule has 258 valence electrons.